The van der Waals surface area contributed by atoms with Crippen molar-refractivity contribution in [3.05, 3.63) is 12.4 Å². The van der Waals surface area contributed by atoms with Crippen molar-refractivity contribution in [1.82, 2.24) is 30.5 Å². The molecule has 0 aliphatic carbocycles. The molecular weight excluding hydrogens is 286 g/mol. The molecule has 0 atom stereocenters. The number of nitrogens with two attached hydrogens (primary N) is 1. The van der Waals surface area contributed by atoms with Crippen LogP contribution < -0.4 is 11.1 Å². The van der Waals surface area contributed by atoms with Gasteiger partial charge in [0.05, 0.1) is 11.9 Å². The predicted octanol–water partition coefficient (Wildman–Crippen LogP) is 0.0104. The number of carbonyl (C=O) groups excluding carboxylic acids is 1. The molecule has 2 rings (SSSR count). The van der Waals surface area contributed by atoms with Crippen LogP contribution in [-0.2, 0) is 11.3 Å². The van der Waals surface area contributed by atoms with E-state index in [9.17, 15) is 4.79 Å². The zero-order valence-electron chi connectivity index (χ0n) is 10.0. The molecule has 3 N–H and O–H groups in total. The summed E-state index contributed by atoms with van der Waals surface area (Å²) in [5.74, 6) is 0.287. The van der Waals surface area contributed by atoms with Gasteiger partial charge in [-0.25, -0.2) is 0 Å². The SMILES string of the molecule is Nc1nnc(SCC(=O)NCCCn2ccnn2)s1. The zero-order valence-corrected chi connectivity index (χ0v) is 11.7. The Morgan fingerprint density at radius 1 is 1.53 bits per heavy atom. The van der Waals surface area contributed by atoms with Crippen LogP contribution in [0.5, 0.6) is 0 Å². The van der Waals surface area contributed by atoms with Crippen molar-refractivity contribution in [2.75, 3.05) is 18.0 Å². The van der Waals surface area contributed by atoms with E-state index >= 15 is 0 Å². The molecule has 2 aromatic rings. The molecule has 2 heterocycles. The molecule has 8 nitrogen and oxygen atoms in total. The highest BCUT2D eigenvalue weighted by atomic mass is 32.2. The first-order valence-corrected chi connectivity index (χ1v) is 7.37. The summed E-state index contributed by atoms with van der Waals surface area (Å²) in [5.41, 5.74) is 5.45. The van der Waals surface area contributed by atoms with Crippen molar-refractivity contribution in [2.45, 2.75) is 17.3 Å². The Morgan fingerprint density at radius 2 is 2.42 bits per heavy atom. The highest BCUT2D eigenvalue weighted by Crippen LogP contribution is 2.22. The number of thioether (sulfide) groups is 1. The van der Waals surface area contributed by atoms with Gasteiger partial charge in [0.1, 0.15) is 0 Å². The van der Waals surface area contributed by atoms with E-state index < -0.39 is 0 Å². The van der Waals surface area contributed by atoms with Crippen molar-refractivity contribution in [3.63, 3.8) is 0 Å². The van der Waals surface area contributed by atoms with Crippen molar-refractivity contribution < 1.29 is 4.79 Å². The maximum Gasteiger partial charge on any atom is 0.230 e. The van der Waals surface area contributed by atoms with Crippen molar-refractivity contribution in [1.29, 1.82) is 0 Å². The lowest BCUT2D eigenvalue weighted by molar-refractivity contribution is -0.118. The zero-order chi connectivity index (χ0) is 13.5. The highest BCUT2D eigenvalue weighted by molar-refractivity contribution is 8.01. The summed E-state index contributed by atoms with van der Waals surface area (Å²) >= 11 is 2.61. The second-order valence-electron chi connectivity index (χ2n) is 3.56. The van der Waals surface area contributed by atoms with Gasteiger partial charge in [0.25, 0.3) is 0 Å². The molecule has 10 heteroatoms. The van der Waals surface area contributed by atoms with E-state index in [1.54, 1.807) is 17.1 Å². The number of anilines is 1. The van der Waals surface area contributed by atoms with Crippen molar-refractivity contribution in [3.8, 4) is 0 Å². The Morgan fingerprint density at radius 3 is 3.11 bits per heavy atom. The van der Waals surface area contributed by atoms with Gasteiger partial charge in [0.15, 0.2) is 4.34 Å². The summed E-state index contributed by atoms with van der Waals surface area (Å²) in [6.07, 6.45) is 4.23. The lowest BCUT2D eigenvalue weighted by atomic mass is 10.4. The first kappa shape index (κ1) is 13.7. The third kappa shape index (κ3) is 4.83. The summed E-state index contributed by atoms with van der Waals surface area (Å²) in [5, 5.41) is 18.3. The molecule has 0 bridgehead atoms. The highest BCUT2D eigenvalue weighted by Gasteiger charge is 2.06. The number of carbonyl (C=O) groups is 1. The standard InChI is InChI=1S/C9H13N7OS2/c10-8-13-14-9(19-8)18-6-7(17)11-2-1-4-16-5-3-12-15-16/h3,5H,1-2,4,6H2,(H2,10,13)(H,11,17). The van der Waals surface area contributed by atoms with Crippen LogP contribution in [0.15, 0.2) is 16.7 Å². The Bertz CT molecular complexity index is 512. The first-order valence-electron chi connectivity index (χ1n) is 5.56. The fourth-order valence-corrected chi connectivity index (χ4v) is 2.74. The second-order valence-corrected chi connectivity index (χ2v) is 5.80. The molecule has 102 valence electrons. The monoisotopic (exact) mass is 299 g/mol. The minimum atomic E-state index is -0.0302. The van der Waals surface area contributed by atoms with Gasteiger partial charge in [-0.2, -0.15) is 0 Å². The van der Waals surface area contributed by atoms with Gasteiger partial charge in [0, 0.05) is 19.3 Å². The maximum absolute atomic E-state index is 11.5. The molecule has 0 radical (unpaired) electrons. The van der Waals surface area contributed by atoms with E-state index in [4.69, 9.17) is 5.73 Å². The maximum atomic E-state index is 11.5. The van der Waals surface area contributed by atoms with Crippen molar-refractivity contribution >= 4 is 34.1 Å². The van der Waals surface area contributed by atoms with Crippen LogP contribution >= 0.6 is 23.1 Å². The number of nitrogen functional groups attached to an aromatic ring is 1. The number of hydrogen-bond donors (Lipinski definition) is 2. The summed E-state index contributed by atoms with van der Waals surface area (Å²) in [6.45, 7) is 1.35. The van der Waals surface area contributed by atoms with Gasteiger partial charge in [-0.05, 0) is 6.42 Å². The van der Waals surface area contributed by atoms with Crippen molar-refractivity contribution in [2.24, 2.45) is 0 Å². The summed E-state index contributed by atoms with van der Waals surface area (Å²) in [7, 11) is 0. The third-order valence-corrected chi connectivity index (χ3v) is 3.99. The Hall–Kier alpha value is -1.68. The number of hydrogen-bond acceptors (Lipinski definition) is 8. The minimum Gasteiger partial charge on any atom is -0.374 e. The second kappa shape index (κ2) is 7.04. The van der Waals surface area contributed by atoms with E-state index in [1.807, 2.05) is 0 Å². The number of nitrogens with zero attached hydrogens (tertiary/aromatic N) is 5. The minimum absolute atomic E-state index is 0.0302. The van der Waals surface area contributed by atoms with Gasteiger partial charge in [0.2, 0.25) is 11.0 Å². The number of rotatable bonds is 7. The summed E-state index contributed by atoms with van der Waals surface area (Å²) in [4.78, 5) is 11.5. The topological polar surface area (TPSA) is 112 Å². The van der Waals surface area contributed by atoms with E-state index in [-0.39, 0.29) is 5.91 Å². The Kier molecular flexibility index (Phi) is 5.10. The molecule has 0 fully saturated rings. The largest absolute Gasteiger partial charge is 0.374 e. The predicted molar refractivity (Wildman–Crippen MR) is 72.7 cm³/mol. The molecule has 2 aromatic heterocycles. The van der Waals surface area contributed by atoms with Crippen LogP contribution in [0.4, 0.5) is 5.13 Å². The summed E-state index contributed by atoms with van der Waals surface area (Å²) in [6, 6.07) is 0. The lowest BCUT2D eigenvalue weighted by Gasteiger charge is -2.03. The lowest BCUT2D eigenvalue weighted by Crippen LogP contribution is -2.26. The smallest absolute Gasteiger partial charge is 0.230 e. The molecule has 1 amide bonds. The van der Waals surface area contributed by atoms with Crippen LogP contribution in [-0.4, -0.2) is 43.4 Å². The third-order valence-electron chi connectivity index (χ3n) is 2.11. The van der Waals surface area contributed by atoms with E-state index in [2.05, 4.69) is 25.8 Å². The van der Waals surface area contributed by atoms with Gasteiger partial charge in [-0.3, -0.25) is 9.48 Å². The Labute approximate surface area is 117 Å². The molecule has 0 aliphatic heterocycles. The Balaban J connectivity index is 1.57. The van der Waals surface area contributed by atoms with Gasteiger partial charge >= 0.3 is 0 Å². The van der Waals surface area contributed by atoms with Gasteiger partial charge in [-0.15, -0.1) is 15.3 Å². The molecule has 0 saturated heterocycles. The molecule has 0 saturated carbocycles. The van der Waals surface area contributed by atoms with Crippen LogP contribution in [0.1, 0.15) is 6.42 Å². The molecule has 0 aromatic carbocycles. The number of aromatic nitrogens is 5. The normalized spacial score (nSPS) is 10.5. The number of amides is 1. The summed E-state index contributed by atoms with van der Waals surface area (Å²) < 4.78 is 2.43. The van der Waals surface area contributed by atoms with Crippen LogP contribution in [0.25, 0.3) is 0 Å². The van der Waals surface area contributed by atoms with Gasteiger partial charge in [-0.1, -0.05) is 28.3 Å². The molecule has 19 heavy (non-hydrogen) atoms. The fourth-order valence-electron chi connectivity index (χ4n) is 1.28. The van der Waals surface area contributed by atoms with Crippen LogP contribution in [0.3, 0.4) is 0 Å². The van der Waals surface area contributed by atoms with Crippen LogP contribution in [0, 0.1) is 0 Å². The van der Waals surface area contributed by atoms with E-state index in [0.717, 1.165) is 13.0 Å². The first-order chi connectivity index (χ1) is 9.24. The molecule has 0 unspecified atom stereocenters. The average molecular weight is 299 g/mol. The quantitative estimate of drug-likeness (QED) is 0.547. The average Bonchev–Trinajstić information content (AvgIpc) is 3.03. The fraction of sp³-hybridized carbons (Fsp3) is 0.444. The van der Waals surface area contributed by atoms with E-state index in [0.29, 0.717) is 21.8 Å². The molecular formula is C9H13N7OS2. The van der Waals surface area contributed by atoms with Gasteiger partial charge < -0.3 is 11.1 Å². The number of nitrogens with one attached hydrogen (secondary N) is 1. The van der Waals surface area contributed by atoms with E-state index in [1.165, 1.54) is 23.1 Å². The number of aryl methyl sites for hydroxylation is 1. The van der Waals surface area contributed by atoms with Crippen LogP contribution in [0.2, 0.25) is 0 Å². The molecule has 0 aliphatic rings. The molecule has 0 spiro atoms.